The number of rotatable bonds is 7. The molecule has 0 aromatic heterocycles. The van der Waals surface area contributed by atoms with Crippen LogP contribution in [0.1, 0.15) is 23.1 Å². The van der Waals surface area contributed by atoms with E-state index >= 15 is 0 Å². The Morgan fingerprint density at radius 2 is 1.91 bits per heavy atom. The van der Waals surface area contributed by atoms with E-state index in [1.807, 2.05) is 37.4 Å². The van der Waals surface area contributed by atoms with Crippen molar-refractivity contribution in [2.24, 2.45) is 0 Å². The van der Waals surface area contributed by atoms with Crippen LogP contribution in [0.2, 0.25) is 0 Å². The third-order valence-electron chi connectivity index (χ3n) is 4.35. The van der Waals surface area contributed by atoms with Crippen LogP contribution in [0.25, 0.3) is 0 Å². The summed E-state index contributed by atoms with van der Waals surface area (Å²) in [7, 11) is 2.02. The highest BCUT2D eigenvalue weighted by Crippen LogP contribution is 2.30. The molecule has 3 heteroatoms. The lowest BCUT2D eigenvalue weighted by Crippen LogP contribution is -2.32. The van der Waals surface area contributed by atoms with Gasteiger partial charge in [-0.2, -0.15) is 0 Å². The molecule has 1 N–H and O–H groups in total. The van der Waals surface area contributed by atoms with Crippen LogP contribution in [0.4, 0.5) is 0 Å². The first-order chi connectivity index (χ1) is 11.2. The van der Waals surface area contributed by atoms with Gasteiger partial charge in [0.25, 0.3) is 0 Å². The molecule has 0 unspecified atom stereocenters. The van der Waals surface area contributed by atoms with E-state index in [4.69, 9.17) is 4.74 Å². The molecule has 2 aromatic carbocycles. The summed E-state index contributed by atoms with van der Waals surface area (Å²) in [5, 5.41) is 10.2. The number of aryl methyl sites for hydroxylation is 1. The van der Waals surface area contributed by atoms with Crippen molar-refractivity contribution < 1.29 is 9.84 Å². The second-order valence-electron chi connectivity index (χ2n) is 6.39. The maximum Gasteiger partial charge on any atom is 0.122 e. The second kappa shape index (κ2) is 7.62. The number of aliphatic hydroxyl groups excluding tert-OH is 1. The highest BCUT2D eigenvalue weighted by Gasteiger charge is 2.16. The number of hydrogen-bond donors (Lipinski definition) is 1. The first-order valence-corrected chi connectivity index (χ1v) is 8.36. The summed E-state index contributed by atoms with van der Waals surface area (Å²) in [4.78, 5) is 2.12. The molecule has 1 aliphatic carbocycles. The van der Waals surface area contributed by atoms with Gasteiger partial charge in [0.1, 0.15) is 18.5 Å². The summed E-state index contributed by atoms with van der Waals surface area (Å²) in [6.07, 6.45) is 2.96. The molecule has 122 valence electrons. The number of likely N-dealkylation sites (N-methyl/N-ethyl adjacent to an activating group) is 1. The minimum Gasteiger partial charge on any atom is -0.491 e. The highest BCUT2D eigenvalue weighted by molar-refractivity contribution is 5.43. The molecule has 23 heavy (non-hydrogen) atoms. The fourth-order valence-electron chi connectivity index (χ4n) is 3.28. The predicted octanol–water partition coefficient (Wildman–Crippen LogP) is 3.05. The monoisotopic (exact) mass is 311 g/mol. The van der Waals surface area contributed by atoms with Crippen molar-refractivity contribution >= 4 is 0 Å². The first kappa shape index (κ1) is 16.0. The number of ether oxygens (including phenoxy) is 1. The molecule has 0 radical (unpaired) electrons. The van der Waals surface area contributed by atoms with Crippen LogP contribution in [0.5, 0.6) is 5.75 Å². The summed E-state index contributed by atoms with van der Waals surface area (Å²) in [5.74, 6) is 0.949. The minimum atomic E-state index is -0.485. The number of aliphatic hydroxyl groups is 1. The summed E-state index contributed by atoms with van der Waals surface area (Å²) in [6.45, 7) is 1.78. The zero-order chi connectivity index (χ0) is 16.1. The van der Waals surface area contributed by atoms with Gasteiger partial charge in [-0.1, -0.05) is 42.5 Å². The lowest BCUT2D eigenvalue weighted by molar-refractivity contribution is 0.0740. The van der Waals surface area contributed by atoms with Crippen LogP contribution < -0.4 is 4.74 Å². The molecule has 0 bridgehead atoms. The van der Waals surface area contributed by atoms with E-state index < -0.39 is 6.10 Å². The molecule has 0 heterocycles. The third-order valence-corrected chi connectivity index (χ3v) is 4.35. The van der Waals surface area contributed by atoms with Crippen molar-refractivity contribution in [3.05, 3.63) is 65.2 Å². The molecule has 3 nitrogen and oxygen atoms in total. The van der Waals surface area contributed by atoms with E-state index in [9.17, 15) is 5.11 Å². The molecule has 1 atom stereocenters. The molecule has 0 fully saturated rings. The zero-order valence-corrected chi connectivity index (χ0v) is 13.7. The quantitative estimate of drug-likeness (QED) is 0.853. The van der Waals surface area contributed by atoms with E-state index in [1.54, 1.807) is 0 Å². The van der Waals surface area contributed by atoms with Gasteiger partial charge in [-0.05, 0) is 49.1 Å². The Hall–Kier alpha value is -1.84. The Balaban J connectivity index is 1.48. The topological polar surface area (TPSA) is 32.7 Å². The van der Waals surface area contributed by atoms with Gasteiger partial charge in [0.15, 0.2) is 0 Å². The van der Waals surface area contributed by atoms with Crippen molar-refractivity contribution in [2.75, 3.05) is 20.2 Å². The molecule has 0 aliphatic heterocycles. The summed E-state index contributed by atoms with van der Waals surface area (Å²) in [5.41, 5.74) is 3.99. The predicted molar refractivity (Wildman–Crippen MR) is 92.7 cm³/mol. The van der Waals surface area contributed by atoms with Gasteiger partial charge in [-0.3, -0.25) is 4.90 Å². The van der Waals surface area contributed by atoms with E-state index in [1.165, 1.54) is 23.1 Å². The molecule has 0 saturated heterocycles. The van der Waals surface area contributed by atoms with Crippen molar-refractivity contribution in [1.29, 1.82) is 0 Å². The maximum atomic E-state index is 10.2. The van der Waals surface area contributed by atoms with Gasteiger partial charge in [0, 0.05) is 13.1 Å². The SMILES string of the molecule is CN(Cc1ccccc1)C[C@H](O)COc1cccc2c1CCC2. The van der Waals surface area contributed by atoms with Crippen LogP contribution in [-0.4, -0.2) is 36.3 Å². The molecule has 3 rings (SSSR count). The number of nitrogens with zero attached hydrogens (tertiary/aromatic N) is 1. The molecular weight excluding hydrogens is 286 g/mol. The average Bonchev–Trinajstić information content (AvgIpc) is 3.03. The standard InChI is InChI=1S/C20H25NO2/c1-21(13-16-7-3-2-4-8-16)14-18(22)15-23-20-12-6-10-17-9-5-11-19(17)20/h2-4,6-8,10,12,18,22H,5,9,11,13-15H2,1H3/t18-/m0/s1. The second-order valence-corrected chi connectivity index (χ2v) is 6.39. The summed E-state index contributed by atoms with van der Waals surface area (Å²) < 4.78 is 5.89. The summed E-state index contributed by atoms with van der Waals surface area (Å²) in [6, 6.07) is 16.6. The van der Waals surface area contributed by atoms with Crippen LogP contribution in [0.3, 0.4) is 0 Å². The van der Waals surface area contributed by atoms with Gasteiger partial charge in [-0.25, -0.2) is 0 Å². The normalized spacial score (nSPS) is 14.7. The Bertz CT molecular complexity index is 627. The maximum absolute atomic E-state index is 10.2. The molecule has 0 spiro atoms. The molecule has 2 aromatic rings. The van der Waals surface area contributed by atoms with E-state index in [2.05, 4.69) is 23.1 Å². The van der Waals surface area contributed by atoms with Crippen LogP contribution >= 0.6 is 0 Å². The smallest absolute Gasteiger partial charge is 0.122 e. The fraction of sp³-hybridized carbons (Fsp3) is 0.400. The van der Waals surface area contributed by atoms with Crippen molar-refractivity contribution in [2.45, 2.75) is 31.9 Å². The van der Waals surface area contributed by atoms with Crippen molar-refractivity contribution in [3.8, 4) is 5.75 Å². The molecule has 1 aliphatic rings. The minimum absolute atomic E-state index is 0.343. The van der Waals surface area contributed by atoms with Crippen LogP contribution in [-0.2, 0) is 19.4 Å². The molecule has 0 amide bonds. The van der Waals surface area contributed by atoms with Crippen LogP contribution in [0, 0.1) is 0 Å². The first-order valence-electron chi connectivity index (χ1n) is 8.36. The van der Waals surface area contributed by atoms with E-state index in [0.717, 1.165) is 25.1 Å². The lowest BCUT2D eigenvalue weighted by Gasteiger charge is -2.21. The molecule has 0 saturated carbocycles. The largest absolute Gasteiger partial charge is 0.491 e. The number of hydrogen-bond acceptors (Lipinski definition) is 3. The summed E-state index contributed by atoms with van der Waals surface area (Å²) >= 11 is 0. The van der Waals surface area contributed by atoms with Crippen molar-refractivity contribution in [3.63, 3.8) is 0 Å². The lowest BCUT2D eigenvalue weighted by atomic mass is 10.1. The Labute approximate surface area is 138 Å². The fourth-order valence-corrected chi connectivity index (χ4v) is 3.28. The Kier molecular flexibility index (Phi) is 5.31. The van der Waals surface area contributed by atoms with Crippen molar-refractivity contribution in [1.82, 2.24) is 4.90 Å². The molecular formula is C20H25NO2. The van der Waals surface area contributed by atoms with Gasteiger partial charge in [-0.15, -0.1) is 0 Å². The van der Waals surface area contributed by atoms with Crippen LogP contribution in [0.15, 0.2) is 48.5 Å². The van der Waals surface area contributed by atoms with E-state index in [-0.39, 0.29) is 0 Å². The van der Waals surface area contributed by atoms with Gasteiger partial charge < -0.3 is 9.84 Å². The zero-order valence-electron chi connectivity index (χ0n) is 13.7. The van der Waals surface area contributed by atoms with Gasteiger partial charge in [0.05, 0.1) is 0 Å². The number of benzene rings is 2. The third kappa shape index (κ3) is 4.34. The Morgan fingerprint density at radius 1 is 1.09 bits per heavy atom. The van der Waals surface area contributed by atoms with E-state index in [0.29, 0.717) is 13.2 Å². The highest BCUT2D eigenvalue weighted by atomic mass is 16.5. The van der Waals surface area contributed by atoms with Gasteiger partial charge >= 0.3 is 0 Å². The average molecular weight is 311 g/mol. The van der Waals surface area contributed by atoms with Gasteiger partial charge in [0.2, 0.25) is 0 Å². The number of fused-ring (bicyclic) bond motifs is 1. The Morgan fingerprint density at radius 3 is 2.74 bits per heavy atom.